The molecule has 2 rings (SSSR count). The molecule has 0 bridgehead atoms. The summed E-state index contributed by atoms with van der Waals surface area (Å²) in [5, 5.41) is 4.41. The lowest BCUT2D eigenvalue weighted by Gasteiger charge is -2.22. The smallest absolute Gasteiger partial charge is 0.0453 e. The van der Waals surface area contributed by atoms with Crippen LogP contribution >= 0.6 is 11.6 Å². The maximum absolute atomic E-state index is 6.39. The summed E-state index contributed by atoms with van der Waals surface area (Å²) < 4.78 is 0. The largest absolute Gasteiger partial charge is 0.310 e. The highest BCUT2D eigenvalue weighted by Crippen LogP contribution is 2.28. The van der Waals surface area contributed by atoms with Gasteiger partial charge in [0, 0.05) is 11.1 Å². The highest BCUT2D eigenvalue weighted by atomic mass is 35.5. The standard InChI is InChI=1S/C19H24ClN/c1-5-21-19(16-8-6-7-9-18(16)20)12-17-14(3)10-13(2)11-15(17)4/h6-11,19,21H,5,12H2,1-4H3. The maximum Gasteiger partial charge on any atom is 0.0453 e. The second-order valence-electron chi connectivity index (χ2n) is 5.71. The molecule has 21 heavy (non-hydrogen) atoms. The molecule has 0 radical (unpaired) electrons. The lowest BCUT2D eigenvalue weighted by Crippen LogP contribution is -2.24. The van der Waals surface area contributed by atoms with Gasteiger partial charge < -0.3 is 5.32 Å². The minimum absolute atomic E-state index is 0.254. The Kier molecular flexibility index (Phi) is 5.44. The summed E-state index contributed by atoms with van der Waals surface area (Å²) in [6, 6.07) is 12.9. The third kappa shape index (κ3) is 3.87. The number of rotatable bonds is 5. The number of likely N-dealkylation sites (N-methyl/N-ethyl adjacent to an activating group) is 1. The van der Waals surface area contributed by atoms with E-state index in [0.717, 1.165) is 18.0 Å². The molecule has 1 N–H and O–H groups in total. The van der Waals surface area contributed by atoms with Crippen LogP contribution in [0.15, 0.2) is 36.4 Å². The summed E-state index contributed by atoms with van der Waals surface area (Å²) >= 11 is 6.39. The van der Waals surface area contributed by atoms with E-state index >= 15 is 0 Å². The average molecular weight is 302 g/mol. The molecule has 0 saturated heterocycles. The van der Waals surface area contributed by atoms with E-state index < -0.39 is 0 Å². The normalized spacial score (nSPS) is 12.4. The molecule has 0 fully saturated rings. The zero-order valence-electron chi connectivity index (χ0n) is 13.3. The molecule has 0 aromatic heterocycles. The van der Waals surface area contributed by atoms with E-state index in [1.54, 1.807) is 0 Å². The molecule has 1 atom stereocenters. The van der Waals surface area contributed by atoms with Crippen molar-refractivity contribution >= 4 is 11.6 Å². The van der Waals surface area contributed by atoms with E-state index in [1.807, 2.05) is 12.1 Å². The van der Waals surface area contributed by atoms with Crippen molar-refractivity contribution in [2.45, 2.75) is 40.2 Å². The van der Waals surface area contributed by atoms with Crippen LogP contribution in [-0.4, -0.2) is 6.54 Å². The van der Waals surface area contributed by atoms with Gasteiger partial charge in [-0.05, 0) is 62.1 Å². The molecular weight excluding hydrogens is 278 g/mol. The number of hydrogen-bond donors (Lipinski definition) is 1. The van der Waals surface area contributed by atoms with Crippen molar-refractivity contribution in [2.75, 3.05) is 6.54 Å². The van der Waals surface area contributed by atoms with Gasteiger partial charge in [-0.2, -0.15) is 0 Å². The molecule has 0 saturated carbocycles. The summed E-state index contributed by atoms with van der Waals surface area (Å²) in [4.78, 5) is 0. The Bertz CT molecular complexity index is 596. The second kappa shape index (κ2) is 7.11. The Morgan fingerprint density at radius 1 is 1.05 bits per heavy atom. The zero-order valence-corrected chi connectivity index (χ0v) is 14.1. The van der Waals surface area contributed by atoms with Crippen molar-refractivity contribution in [3.63, 3.8) is 0 Å². The molecule has 0 heterocycles. The van der Waals surface area contributed by atoms with Crippen LogP contribution in [0.5, 0.6) is 0 Å². The monoisotopic (exact) mass is 301 g/mol. The molecule has 112 valence electrons. The van der Waals surface area contributed by atoms with Crippen molar-refractivity contribution in [2.24, 2.45) is 0 Å². The summed E-state index contributed by atoms with van der Waals surface area (Å²) in [6.07, 6.45) is 0.968. The molecule has 0 aliphatic heterocycles. The molecule has 0 spiro atoms. The zero-order chi connectivity index (χ0) is 15.4. The predicted molar refractivity (Wildman–Crippen MR) is 92.2 cm³/mol. The van der Waals surface area contributed by atoms with Gasteiger partial charge in [-0.3, -0.25) is 0 Å². The Labute approximate surface area is 133 Å². The first kappa shape index (κ1) is 16.1. The minimum atomic E-state index is 0.254. The molecule has 0 amide bonds. The van der Waals surface area contributed by atoms with Gasteiger partial charge in [0.15, 0.2) is 0 Å². The highest BCUT2D eigenvalue weighted by Gasteiger charge is 2.16. The Hall–Kier alpha value is -1.31. The topological polar surface area (TPSA) is 12.0 Å². The predicted octanol–water partition coefficient (Wildman–Crippen LogP) is 5.16. The van der Waals surface area contributed by atoms with Gasteiger partial charge in [0.25, 0.3) is 0 Å². The molecule has 2 heteroatoms. The van der Waals surface area contributed by atoms with Crippen molar-refractivity contribution < 1.29 is 0 Å². The number of benzene rings is 2. The summed E-state index contributed by atoms with van der Waals surface area (Å²) in [5.74, 6) is 0. The van der Waals surface area contributed by atoms with Crippen LogP contribution in [0.2, 0.25) is 5.02 Å². The van der Waals surface area contributed by atoms with Gasteiger partial charge in [0.05, 0.1) is 0 Å². The van der Waals surface area contributed by atoms with Gasteiger partial charge in [-0.15, -0.1) is 0 Å². The maximum atomic E-state index is 6.39. The first-order valence-corrected chi connectivity index (χ1v) is 7.95. The van der Waals surface area contributed by atoms with Gasteiger partial charge >= 0.3 is 0 Å². The van der Waals surface area contributed by atoms with Crippen LogP contribution in [0.4, 0.5) is 0 Å². The third-order valence-electron chi connectivity index (χ3n) is 3.98. The van der Waals surface area contributed by atoms with E-state index in [1.165, 1.54) is 27.8 Å². The van der Waals surface area contributed by atoms with Crippen molar-refractivity contribution in [3.8, 4) is 0 Å². The number of nitrogens with one attached hydrogen (secondary N) is 1. The SMILES string of the molecule is CCNC(Cc1c(C)cc(C)cc1C)c1ccccc1Cl. The molecule has 0 aliphatic carbocycles. The number of aryl methyl sites for hydroxylation is 3. The third-order valence-corrected chi connectivity index (χ3v) is 4.32. The van der Waals surface area contributed by atoms with E-state index in [-0.39, 0.29) is 6.04 Å². The van der Waals surface area contributed by atoms with Gasteiger partial charge in [0.1, 0.15) is 0 Å². The summed E-state index contributed by atoms with van der Waals surface area (Å²) in [7, 11) is 0. The number of hydrogen-bond acceptors (Lipinski definition) is 1. The fourth-order valence-electron chi connectivity index (χ4n) is 3.03. The molecule has 2 aromatic rings. The fourth-order valence-corrected chi connectivity index (χ4v) is 3.30. The van der Waals surface area contributed by atoms with Crippen LogP contribution in [0.3, 0.4) is 0 Å². The van der Waals surface area contributed by atoms with E-state index in [2.05, 4.69) is 57.3 Å². The Balaban J connectivity index is 2.36. The molecular formula is C19H24ClN. The van der Waals surface area contributed by atoms with E-state index in [9.17, 15) is 0 Å². The summed E-state index contributed by atoms with van der Waals surface area (Å²) in [5.41, 5.74) is 6.66. The molecule has 0 aliphatic rings. The lowest BCUT2D eigenvalue weighted by molar-refractivity contribution is 0.548. The minimum Gasteiger partial charge on any atom is -0.310 e. The average Bonchev–Trinajstić information content (AvgIpc) is 2.42. The van der Waals surface area contributed by atoms with E-state index in [4.69, 9.17) is 11.6 Å². The Morgan fingerprint density at radius 3 is 2.24 bits per heavy atom. The van der Waals surface area contributed by atoms with Crippen molar-refractivity contribution in [1.29, 1.82) is 0 Å². The first-order chi connectivity index (χ1) is 10.0. The van der Waals surface area contributed by atoms with Gasteiger partial charge in [-0.25, -0.2) is 0 Å². The van der Waals surface area contributed by atoms with Crippen LogP contribution in [0.25, 0.3) is 0 Å². The van der Waals surface area contributed by atoms with Crippen LogP contribution in [0, 0.1) is 20.8 Å². The second-order valence-corrected chi connectivity index (χ2v) is 6.12. The van der Waals surface area contributed by atoms with Crippen LogP contribution < -0.4 is 5.32 Å². The van der Waals surface area contributed by atoms with Gasteiger partial charge in [0.2, 0.25) is 0 Å². The lowest BCUT2D eigenvalue weighted by atomic mass is 9.91. The summed E-state index contributed by atoms with van der Waals surface area (Å²) in [6.45, 7) is 9.62. The quantitative estimate of drug-likeness (QED) is 0.804. The van der Waals surface area contributed by atoms with Gasteiger partial charge in [-0.1, -0.05) is 54.4 Å². The van der Waals surface area contributed by atoms with Crippen LogP contribution in [-0.2, 0) is 6.42 Å². The molecule has 2 aromatic carbocycles. The molecule has 1 nitrogen and oxygen atoms in total. The Morgan fingerprint density at radius 2 is 1.67 bits per heavy atom. The van der Waals surface area contributed by atoms with E-state index in [0.29, 0.717) is 0 Å². The number of halogens is 1. The van der Waals surface area contributed by atoms with Crippen LogP contribution in [0.1, 0.15) is 40.8 Å². The van der Waals surface area contributed by atoms with Crippen molar-refractivity contribution in [1.82, 2.24) is 5.32 Å². The fraction of sp³-hybridized carbons (Fsp3) is 0.368. The van der Waals surface area contributed by atoms with Crippen molar-refractivity contribution in [3.05, 3.63) is 69.2 Å². The first-order valence-electron chi connectivity index (χ1n) is 7.57. The molecule has 1 unspecified atom stereocenters. The highest BCUT2D eigenvalue weighted by molar-refractivity contribution is 6.31.